The number of fused-ring (bicyclic) bond motifs is 3. The lowest BCUT2D eigenvalue weighted by Gasteiger charge is -2.41. The first kappa shape index (κ1) is 15.3. The van der Waals surface area contributed by atoms with Crippen molar-refractivity contribution in [2.75, 3.05) is 11.9 Å². The van der Waals surface area contributed by atoms with Gasteiger partial charge in [0, 0.05) is 5.02 Å². The molecular weight excluding hydrogens is 324 g/mol. The van der Waals surface area contributed by atoms with Gasteiger partial charge in [0.15, 0.2) is 0 Å². The maximum Gasteiger partial charge on any atom is 0.142 e. The Bertz CT molecular complexity index is 846. The van der Waals surface area contributed by atoms with Crippen LogP contribution in [0.15, 0.2) is 36.4 Å². The van der Waals surface area contributed by atoms with Gasteiger partial charge in [-0.1, -0.05) is 17.7 Å². The number of aliphatic hydroxyl groups is 1. The van der Waals surface area contributed by atoms with E-state index in [1.165, 1.54) is 5.56 Å². The van der Waals surface area contributed by atoms with E-state index in [2.05, 4.69) is 11.4 Å². The Labute approximate surface area is 145 Å². The first-order valence-corrected chi connectivity index (χ1v) is 8.41. The number of nitrogens with one attached hydrogen (secondary N) is 1. The van der Waals surface area contributed by atoms with Gasteiger partial charge in [0.1, 0.15) is 18.6 Å². The van der Waals surface area contributed by atoms with Gasteiger partial charge in [0.2, 0.25) is 0 Å². The minimum Gasteiger partial charge on any atom is -0.490 e. The quantitative estimate of drug-likeness (QED) is 0.769. The fourth-order valence-corrected chi connectivity index (χ4v) is 4.02. The Balaban J connectivity index is 1.78. The Morgan fingerprint density at radius 3 is 3.00 bits per heavy atom. The molecule has 0 saturated carbocycles. The van der Waals surface area contributed by atoms with Gasteiger partial charge >= 0.3 is 0 Å². The monoisotopic (exact) mass is 340 g/mol. The molecule has 0 saturated heterocycles. The number of nitriles is 1. The van der Waals surface area contributed by atoms with Crippen molar-refractivity contribution in [1.82, 2.24) is 0 Å². The zero-order valence-corrected chi connectivity index (χ0v) is 13.8. The fourth-order valence-electron chi connectivity index (χ4n) is 3.83. The lowest BCUT2D eigenvalue weighted by molar-refractivity contribution is 0.0597. The summed E-state index contributed by atoms with van der Waals surface area (Å²) in [6.07, 6.45) is 1.95. The van der Waals surface area contributed by atoms with Gasteiger partial charge in [-0.2, -0.15) is 5.26 Å². The Morgan fingerprint density at radius 1 is 1.29 bits per heavy atom. The molecule has 5 heteroatoms. The Hall–Kier alpha value is -2.22. The van der Waals surface area contributed by atoms with Crippen molar-refractivity contribution in [3.05, 3.63) is 58.1 Å². The van der Waals surface area contributed by atoms with Crippen LogP contribution in [-0.2, 0) is 11.8 Å². The molecule has 2 atom stereocenters. The topological polar surface area (TPSA) is 65.3 Å². The largest absolute Gasteiger partial charge is 0.490 e. The van der Waals surface area contributed by atoms with Gasteiger partial charge in [0.05, 0.1) is 22.7 Å². The van der Waals surface area contributed by atoms with Crippen molar-refractivity contribution in [3.8, 4) is 11.8 Å². The maximum absolute atomic E-state index is 11.0. The molecule has 24 heavy (non-hydrogen) atoms. The lowest BCUT2D eigenvalue weighted by atomic mass is 9.69. The van der Waals surface area contributed by atoms with Crippen LogP contribution in [0.5, 0.6) is 5.75 Å². The summed E-state index contributed by atoms with van der Waals surface area (Å²) >= 11 is 6.14. The normalized spacial score (nSPS) is 24.8. The van der Waals surface area contributed by atoms with E-state index in [4.69, 9.17) is 21.6 Å². The van der Waals surface area contributed by atoms with Crippen molar-refractivity contribution in [1.29, 1.82) is 5.26 Å². The predicted octanol–water partition coefficient (Wildman–Crippen LogP) is 3.61. The van der Waals surface area contributed by atoms with Crippen molar-refractivity contribution >= 4 is 17.3 Å². The minimum atomic E-state index is -0.798. The van der Waals surface area contributed by atoms with Gasteiger partial charge < -0.3 is 15.2 Å². The molecule has 2 aromatic rings. The van der Waals surface area contributed by atoms with Crippen molar-refractivity contribution in [2.24, 2.45) is 0 Å². The van der Waals surface area contributed by atoms with Gasteiger partial charge in [-0.15, -0.1) is 0 Å². The van der Waals surface area contributed by atoms with Crippen LogP contribution in [0, 0.1) is 11.3 Å². The first-order chi connectivity index (χ1) is 11.6. The number of anilines is 1. The highest BCUT2D eigenvalue weighted by molar-refractivity contribution is 6.30. The molecule has 1 aliphatic carbocycles. The van der Waals surface area contributed by atoms with Crippen molar-refractivity contribution in [2.45, 2.75) is 30.9 Å². The molecule has 0 radical (unpaired) electrons. The number of aryl methyl sites for hydroxylation is 1. The third kappa shape index (κ3) is 2.32. The van der Waals surface area contributed by atoms with Gasteiger partial charge in [-0.3, -0.25) is 0 Å². The number of hydrogen-bond acceptors (Lipinski definition) is 4. The van der Waals surface area contributed by atoms with Crippen LogP contribution >= 0.6 is 11.6 Å². The zero-order chi connectivity index (χ0) is 16.7. The summed E-state index contributed by atoms with van der Waals surface area (Å²) in [7, 11) is 0. The second-order valence-corrected chi connectivity index (χ2v) is 6.91. The second-order valence-electron chi connectivity index (χ2n) is 6.47. The Morgan fingerprint density at radius 2 is 2.17 bits per heavy atom. The molecule has 2 aliphatic rings. The second kappa shape index (κ2) is 5.70. The van der Waals surface area contributed by atoms with E-state index in [-0.39, 0.29) is 0 Å². The van der Waals surface area contributed by atoms with E-state index in [9.17, 15) is 5.11 Å². The van der Waals surface area contributed by atoms with Gasteiger partial charge in [-0.05, 0) is 60.7 Å². The van der Waals surface area contributed by atoms with E-state index in [1.54, 1.807) is 18.2 Å². The Kier molecular flexibility index (Phi) is 3.64. The molecule has 2 aromatic carbocycles. The molecule has 1 aliphatic heterocycles. The van der Waals surface area contributed by atoms with E-state index >= 15 is 0 Å². The number of hydrogen-bond donors (Lipinski definition) is 2. The molecule has 2 N–H and O–H groups in total. The molecule has 0 bridgehead atoms. The molecule has 0 fully saturated rings. The summed E-state index contributed by atoms with van der Waals surface area (Å²) in [6.45, 7) is 0.384. The molecule has 4 nitrogen and oxygen atoms in total. The average Bonchev–Trinajstić information content (AvgIpc) is 2.72. The van der Waals surface area contributed by atoms with Crippen LogP contribution < -0.4 is 10.1 Å². The SMILES string of the molecule is N#Cc1ccc2c(c1)NC(O)[C@@]1(CCCc3cc(Cl)ccc31)CO2. The third-order valence-corrected chi connectivity index (χ3v) is 5.32. The average molecular weight is 341 g/mol. The van der Waals surface area contributed by atoms with E-state index < -0.39 is 11.6 Å². The summed E-state index contributed by atoms with van der Waals surface area (Å²) in [6, 6.07) is 13.2. The summed E-state index contributed by atoms with van der Waals surface area (Å²) < 4.78 is 6.03. The molecule has 0 aromatic heterocycles. The van der Waals surface area contributed by atoms with Crippen molar-refractivity contribution in [3.63, 3.8) is 0 Å². The standard InChI is InChI=1S/C19H17ClN2O2/c20-14-4-5-15-13(9-14)2-1-7-19(15)11-24-17-6-3-12(10-21)8-16(17)22-18(19)23/h3-6,8-9,18,22-23H,1-2,7,11H2/t18?,19-/m0/s1. The summed E-state index contributed by atoms with van der Waals surface area (Å²) in [5.74, 6) is 0.658. The molecule has 1 spiro atoms. The first-order valence-electron chi connectivity index (χ1n) is 8.03. The van der Waals surface area contributed by atoms with Crippen molar-refractivity contribution < 1.29 is 9.84 Å². The third-order valence-electron chi connectivity index (χ3n) is 5.08. The van der Waals surface area contributed by atoms with Crippen LogP contribution in [0.3, 0.4) is 0 Å². The lowest BCUT2D eigenvalue weighted by Crippen LogP contribution is -2.49. The molecule has 122 valence electrons. The summed E-state index contributed by atoms with van der Waals surface area (Å²) in [4.78, 5) is 0. The highest BCUT2D eigenvalue weighted by Crippen LogP contribution is 2.44. The molecule has 0 amide bonds. The molecular formula is C19H17ClN2O2. The predicted molar refractivity (Wildman–Crippen MR) is 92.3 cm³/mol. The van der Waals surface area contributed by atoms with E-state index in [0.29, 0.717) is 28.6 Å². The number of aliphatic hydroxyl groups excluding tert-OH is 1. The molecule has 1 unspecified atom stereocenters. The van der Waals surface area contributed by atoms with Crippen LogP contribution in [0.4, 0.5) is 5.69 Å². The van der Waals surface area contributed by atoms with Crippen LogP contribution in [-0.4, -0.2) is 17.9 Å². The molecule has 4 rings (SSSR count). The fraction of sp³-hybridized carbons (Fsp3) is 0.316. The van der Waals surface area contributed by atoms with Crippen LogP contribution in [0.1, 0.15) is 29.5 Å². The highest BCUT2D eigenvalue weighted by atomic mass is 35.5. The number of rotatable bonds is 0. The number of ether oxygens (including phenoxy) is 1. The number of benzene rings is 2. The number of halogens is 1. The van der Waals surface area contributed by atoms with E-state index in [0.717, 1.165) is 24.8 Å². The smallest absolute Gasteiger partial charge is 0.142 e. The van der Waals surface area contributed by atoms with Crippen LogP contribution in [0.25, 0.3) is 0 Å². The van der Waals surface area contributed by atoms with Crippen LogP contribution in [0.2, 0.25) is 5.02 Å². The summed E-state index contributed by atoms with van der Waals surface area (Å²) in [5.41, 5.74) is 2.92. The summed E-state index contributed by atoms with van der Waals surface area (Å²) in [5, 5.41) is 23.9. The zero-order valence-electron chi connectivity index (χ0n) is 13.1. The molecule has 1 heterocycles. The highest BCUT2D eigenvalue weighted by Gasteiger charge is 2.45. The number of nitrogens with zero attached hydrogens (tertiary/aromatic N) is 1. The maximum atomic E-state index is 11.0. The van der Waals surface area contributed by atoms with Gasteiger partial charge in [0.25, 0.3) is 0 Å². The van der Waals surface area contributed by atoms with Gasteiger partial charge in [-0.25, -0.2) is 0 Å². The van der Waals surface area contributed by atoms with E-state index in [1.807, 2.05) is 18.2 Å². The minimum absolute atomic E-state index is 0.384.